The van der Waals surface area contributed by atoms with Crippen LogP contribution in [0.1, 0.15) is 0 Å². The fourth-order valence-corrected chi connectivity index (χ4v) is 4.98. The van der Waals surface area contributed by atoms with Crippen LogP contribution < -0.4 is 0 Å². The summed E-state index contributed by atoms with van der Waals surface area (Å²) < 4.78 is 0. The van der Waals surface area contributed by atoms with Crippen LogP contribution in [0, 0.1) is 0 Å². The lowest BCUT2D eigenvalue weighted by molar-refractivity contribution is 1.49. The Morgan fingerprint density at radius 3 is 0.775 bits per heavy atom. The molecule has 0 saturated carbocycles. The van der Waals surface area contributed by atoms with Gasteiger partial charge < -0.3 is 0 Å². The molecular formula is C38H28N2. The third-order valence-electron chi connectivity index (χ3n) is 6.89. The first-order valence-electron chi connectivity index (χ1n) is 13.4. The Morgan fingerprint density at radius 2 is 0.525 bits per heavy atom. The molecule has 0 bridgehead atoms. The molecule has 0 atom stereocenters. The minimum absolute atomic E-state index is 0.922. The second kappa shape index (κ2) is 12.0. The monoisotopic (exact) mass is 512 g/mol. The summed E-state index contributed by atoms with van der Waals surface area (Å²) in [6.07, 6.45) is 3.62. The van der Waals surface area contributed by atoms with Crippen LogP contribution in [0.15, 0.2) is 168 Å². The molecule has 40 heavy (non-hydrogen) atoms. The fourth-order valence-electron chi connectivity index (χ4n) is 4.98. The van der Waals surface area contributed by atoms with Gasteiger partial charge in [0.1, 0.15) is 0 Å². The van der Waals surface area contributed by atoms with Gasteiger partial charge in [-0.25, -0.2) is 0 Å². The Morgan fingerprint density at radius 1 is 0.275 bits per heavy atom. The number of aliphatic imine (C=N–C) groups is 2. The molecular weight excluding hydrogens is 484 g/mol. The summed E-state index contributed by atoms with van der Waals surface area (Å²) in [5.74, 6) is 0. The van der Waals surface area contributed by atoms with Gasteiger partial charge in [0.05, 0.1) is 11.4 Å². The minimum atomic E-state index is 0.922. The largest absolute Gasteiger partial charge is 0.254 e. The zero-order chi connectivity index (χ0) is 27.0. The third kappa shape index (κ3) is 5.43. The molecule has 0 amide bonds. The van der Waals surface area contributed by atoms with E-state index in [2.05, 4.69) is 133 Å². The van der Waals surface area contributed by atoms with Crippen molar-refractivity contribution < 1.29 is 0 Å². The molecule has 0 aromatic heterocycles. The van der Waals surface area contributed by atoms with Crippen LogP contribution in [-0.4, -0.2) is 12.4 Å². The van der Waals surface area contributed by atoms with Crippen molar-refractivity contribution in [2.24, 2.45) is 9.98 Å². The number of rotatable bonds is 7. The Kier molecular flexibility index (Phi) is 7.50. The smallest absolute Gasteiger partial charge is 0.0786 e. The highest BCUT2D eigenvalue weighted by atomic mass is 14.8. The average Bonchev–Trinajstić information content (AvgIpc) is 3.04. The predicted octanol–water partition coefficient (Wildman–Crippen LogP) is 10.5. The van der Waals surface area contributed by atoms with Gasteiger partial charge in [0.15, 0.2) is 0 Å². The van der Waals surface area contributed by atoms with Crippen molar-refractivity contribution in [2.45, 2.75) is 0 Å². The van der Waals surface area contributed by atoms with E-state index in [-0.39, 0.29) is 0 Å². The zero-order valence-electron chi connectivity index (χ0n) is 22.1. The maximum Gasteiger partial charge on any atom is 0.0786 e. The van der Waals surface area contributed by atoms with Gasteiger partial charge in [-0.15, -0.1) is 0 Å². The summed E-state index contributed by atoms with van der Waals surface area (Å²) in [5, 5.41) is 0. The normalized spacial score (nSPS) is 11.3. The number of hydrogen-bond donors (Lipinski definition) is 0. The van der Waals surface area contributed by atoms with Crippen molar-refractivity contribution in [1.82, 2.24) is 0 Å². The summed E-state index contributed by atoms with van der Waals surface area (Å²) >= 11 is 0. The van der Waals surface area contributed by atoms with Crippen molar-refractivity contribution in [3.63, 3.8) is 0 Å². The first-order chi connectivity index (χ1) is 19.9. The lowest BCUT2D eigenvalue weighted by atomic mass is 9.96. The van der Waals surface area contributed by atoms with E-state index in [0.29, 0.717) is 0 Å². The molecule has 0 N–H and O–H groups in total. The molecule has 0 fully saturated rings. The fraction of sp³-hybridized carbons (Fsp3) is 0. The molecule has 0 radical (unpaired) electrons. The Hall–Kier alpha value is -5.34. The van der Waals surface area contributed by atoms with Crippen molar-refractivity contribution in [1.29, 1.82) is 0 Å². The van der Waals surface area contributed by atoms with Crippen molar-refractivity contribution in [2.75, 3.05) is 0 Å². The van der Waals surface area contributed by atoms with Gasteiger partial charge >= 0.3 is 0 Å². The number of nitrogens with zero attached hydrogens (tertiary/aromatic N) is 2. The van der Waals surface area contributed by atoms with E-state index in [9.17, 15) is 0 Å². The molecule has 0 aliphatic heterocycles. The van der Waals surface area contributed by atoms with Crippen LogP contribution in [0.2, 0.25) is 0 Å². The van der Waals surface area contributed by atoms with E-state index in [1.54, 1.807) is 0 Å². The Labute approximate surface area is 235 Å². The van der Waals surface area contributed by atoms with Crippen molar-refractivity contribution >= 4 is 23.8 Å². The lowest BCUT2D eigenvalue weighted by Gasteiger charge is -2.12. The van der Waals surface area contributed by atoms with Gasteiger partial charge in [-0.3, -0.25) is 9.98 Å². The lowest BCUT2D eigenvalue weighted by Crippen LogP contribution is -1.87. The number of hydrogen-bond acceptors (Lipinski definition) is 2. The van der Waals surface area contributed by atoms with E-state index in [1.807, 2.05) is 36.7 Å². The predicted molar refractivity (Wildman–Crippen MR) is 171 cm³/mol. The van der Waals surface area contributed by atoms with Gasteiger partial charge in [0, 0.05) is 34.7 Å². The SMILES string of the molecule is C(C=Nc1c(-c2ccccc2)cccc1-c1ccccc1)=Nc1c(-c2ccccc2)cccc1-c1ccccc1. The molecule has 6 aromatic rings. The third-order valence-corrected chi connectivity index (χ3v) is 6.89. The maximum absolute atomic E-state index is 5.00. The molecule has 2 heteroatoms. The Bertz CT molecular complexity index is 1510. The molecule has 0 spiro atoms. The highest BCUT2D eigenvalue weighted by Gasteiger charge is 2.12. The zero-order valence-corrected chi connectivity index (χ0v) is 22.1. The summed E-state index contributed by atoms with van der Waals surface area (Å²) in [7, 11) is 0. The van der Waals surface area contributed by atoms with Gasteiger partial charge in [0.2, 0.25) is 0 Å². The van der Waals surface area contributed by atoms with Crippen molar-refractivity contribution in [3.8, 4) is 44.5 Å². The average molecular weight is 513 g/mol. The van der Waals surface area contributed by atoms with Gasteiger partial charge in [-0.2, -0.15) is 0 Å². The summed E-state index contributed by atoms with van der Waals surface area (Å²) in [6, 6.07) is 54.3. The van der Waals surface area contributed by atoms with Crippen molar-refractivity contribution in [3.05, 3.63) is 158 Å². The second-order valence-corrected chi connectivity index (χ2v) is 9.42. The molecule has 0 unspecified atom stereocenters. The molecule has 0 aliphatic rings. The van der Waals surface area contributed by atoms with Crippen LogP contribution >= 0.6 is 0 Å². The van der Waals surface area contributed by atoms with Crippen LogP contribution in [0.5, 0.6) is 0 Å². The maximum atomic E-state index is 5.00. The first-order valence-corrected chi connectivity index (χ1v) is 13.4. The Balaban J connectivity index is 1.45. The van der Waals surface area contributed by atoms with E-state index in [0.717, 1.165) is 55.9 Å². The minimum Gasteiger partial charge on any atom is -0.254 e. The molecule has 190 valence electrons. The standard InChI is InChI=1S/C38H28N2/c1-5-15-29(16-6-1)33-23-13-24-34(30-17-7-2-8-18-30)37(33)39-27-28-40-38-35(31-19-9-3-10-20-31)25-14-26-36(38)32-21-11-4-12-22-32/h1-28H. The highest BCUT2D eigenvalue weighted by Crippen LogP contribution is 2.40. The first kappa shape index (κ1) is 25.0. The van der Waals surface area contributed by atoms with Crippen LogP contribution in [0.4, 0.5) is 11.4 Å². The van der Waals surface area contributed by atoms with E-state index in [4.69, 9.17) is 9.98 Å². The second-order valence-electron chi connectivity index (χ2n) is 9.42. The van der Waals surface area contributed by atoms with Crippen LogP contribution in [0.25, 0.3) is 44.5 Å². The highest BCUT2D eigenvalue weighted by molar-refractivity contribution is 6.18. The molecule has 0 aliphatic carbocycles. The van der Waals surface area contributed by atoms with Gasteiger partial charge in [-0.05, 0) is 22.3 Å². The van der Waals surface area contributed by atoms with Crippen LogP contribution in [0.3, 0.4) is 0 Å². The quantitative estimate of drug-likeness (QED) is 0.190. The van der Waals surface area contributed by atoms with E-state index in [1.165, 1.54) is 0 Å². The summed E-state index contributed by atoms with van der Waals surface area (Å²) in [4.78, 5) is 10.0. The molecule has 0 heterocycles. The molecule has 6 aromatic carbocycles. The molecule has 6 rings (SSSR count). The van der Waals surface area contributed by atoms with Gasteiger partial charge in [-0.1, -0.05) is 158 Å². The summed E-state index contributed by atoms with van der Waals surface area (Å²) in [6.45, 7) is 0. The number of benzene rings is 6. The topological polar surface area (TPSA) is 24.7 Å². The van der Waals surface area contributed by atoms with E-state index >= 15 is 0 Å². The number of para-hydroxylation sites is 2. The van der Waals surface area contributed by atoms with Crippen LogP contribution in [-0.2, 0) is 0 Å². The molecule has 2 nitrogen and oxygen atoms in total. The summed E-state index contributed by atoms with van der Waals surface area (Å²) in [5.41, 5.74) is 10.7. The molecule has 0 saturated heterocycles. The van der Waals surface area contributed by atoms with E-state index < -0.39 is 0 Å². The van der Waals surface area contributed by atoms with Gasteiger partial charge in [0.25, 0.3) is 0 Å².